The Morgan fingerprint density at radius 1 is 1.20 bits per heavy atom. The van der Waals surface area contributed by atoms with Gasteiger partial charge in [-0.3, -0.25) is 0 Å². The van der Waals surface area contributed by atoms with Crippen LogP contribution in [-0.2, 0) is 0 Å². The molecule has 0 aromatic carbocycles. The number of nitrogens with one attached hydrogen (secondary N) is 1. The van der Waals surface area contributed by atoms with Gasteiger partial charge in [-0.1, -0.05) is 27.7 Å². The maximum absolute atomic E-state index is 6.07. The van der Waals surface area contributed by atoms with E-state index < -0.39 is 0 Å². The second-order valence-electron chi connectivity index (χ2n) is 6.63. The third-order valence-electron chi connectivity index (χ3n) is 4.65. The van der Waals surface area contributed by atoms with Crippen molar-refractivity contribution in [1.29, 1.82) is 0 Å². The fraction of sp³-hybridized carbons (Fsp3) is 1.00. The van der Waals surface area contributed by atoms with Gasteiger partial charge >= 0.3 is 0 Å². The maximum atomic E-state index is 6.07. The molecule has 1 aliphatic heterocycles. The minimum absolute atomic E-state index is 0.181. The molecule has 0 radical (unpaired) electrons. The first-order chi connectivity index (χ1) is 9.55. The third-order valence-corrected chi connectivity index (χ3v) is 4.65. The summed E-state index contributed by atoms with van der Waals surface area (Å²) in [6, 6.07) is 0. The molecule has 0 unspecified atom stereocenters. The molecular weight excluding hydrogens is 248 g/mol. The molecule has 3 N–H and O–H groups in total. The monoisotopic (exact) mass is 284 g/mol. The van der Waals surface area contributed by atoms with Crippen LogP contribution in [0.1, 0.15) is 40.5 Å². The molecule has 0 aliphatic carbocycles. The Morgan fingerprint density at radius 2 is 1.80 bits per heavy atom. The molecule has 20 heavy (non-hydrogen) atoms. The summed E-state index contributed by atoms with van der Waals surface area (Å²) in [7, 11) is 0. The molecule has 0 saturated carbocycles. The van der Waals surface area contributed by atoms with Crippen LogP contribution in [0.2, 0.25) is 0 Å². The van der Waals surface area contributed by atoms with Gasteiger partial charge < -0.3 is 20.9 Å². The molecule has 120 valence electrons. The standard InChI is InChI=1S/C16H36N4/c1-5-19(6-2)12-9-18-16(14-17)7-10-20(11-8-16)13-15(3)4/h15,18H,5-14,17H2,1-4H3. The minimum Gasteiger partial charge on any atom is -0.329 e. The number of hydrogen-bond donors (Lipinski definition) is 2. The molecule has 0 aromatic heterocycles. The van der Waals surface area contributed by atoms with E-state index in [0.717, 1.165) is 38.6 Å². The van der Waals surface area contributed by atoms with Crippen molar-refractivity contribution in [3.63, 3.8) is 0 Å². The largest absolute Gasteiger partial charge is 0.329 e. The van der Waals surface area contributed by atoms with Crippen molar-refractivity contribution in [3.05, 3.63) is 0 Å². The van der Waals surface area contributed by atoms with Crippen LogP contribution in [0.5, 0.6) is 0 Å². The quantitative estimate of drug-likeness (QED) is 0.671. The Kier molecular flexibility index (Phi) is 8.03. The van der Waals surface area contributed by atoms with Crippen LogP contribution in [0.25, 0.3) is 0 Å². The van der Waals surface area contributed by atoms with Gasteiger partial charge in [0.1, 0.15) is 0 Å². The van der Waals surface area contributed by atoms with E-state index in [1.807, 2.05) is 0 Å². The van der Waals surface area contributed by atoms with Crippen molar-refractivity contribution < 1.29 is 0 Å². The summed E-state index contributed by atoms with van der Waals surface area (Å²) in [5, 5.41) is 3.76. The SMILES string of the molecule is CCN(CC)CCNC1(CN)CCN(CC(C)C)CC1. The lowest BCUT2D eigenvalue weighted by molar-refractivity contribution is 0.125. The van der Waals surface area contributed by atoms with Gasteiger partial charge in [0.05, 0.1) is 0 Å². The van der Waals surface area contributed by atoms with Gasteiger partial charge in [0.15, 0.2) is 0 Å². The summed E-state index contributed by atoms with van der Waals surface area (Å²) in [5.74, 6) is 0.760. The topological polar surface area (TPSA) is 44.5 Å². The van der Waals surface area contributed by atoms with Crippen molar-refractivity contribution in [3.8, 4) is 0 Å². The highest BCUT2D eigenvalue weighted by Crippen LogP contribution is 2.21. The zero-order valence-corrected chi connectivity index (χ0v) is 14.1. The van der Waals surface area contributed by atoms with Gasteiger partial charge in [-0.05, 0) is 44.9 Å². The zero-order valence-electron chi connectivity index (χ0n) is 14.1. The van der Waals surface area contributed by atoms with Gasteiger partial charge in [-0.25, -0.2) is 0 Å². The summed E-state index contributed by atoms with van der Waals surface area (Å²) in [6.07, 6.45) is 2.38. The molecule has 0 bridgehead atoms. The molecule has 0 atom stereocenters. The Labute approximate surface area is 126 Å². The lowest BCUT2D eigenvalue weighted by Crippen LogP contribution is -2.59. The van der Waals surface area contributed by atoms with Crippen LogP contribution in [0.4, 0.5) is 0 Å². The molecule has 4 heteroatoms. The normalized spacial score (nSPS) is 19.9. The lowest BCUT2D eigenvalue weighted by Gasteiger charge is -2.42. The first kappa shape index (κ1) is 17.9. The van der Waals surface area contributed by atoms with Gasteiger partial charge in [0.25, 0.3) is 0 Å². The molecule has 1 rings (SSSR count). The van der Waals surface area contributed by atoms with Crippen LogP contribution >= 0.6 is 0 Å². The van der Waals surface area contributed by atoms with Crippen LogP contribution in [0.3, 0.4) is 0 Å². The van der Waals surface area contributed by atoms with Gasteiger partial charge in [-0.2, -0.15) is 0 Å². The van der Waals surface area contributed by atoms with E-state index in [1.54, 1.807) is 0 Å². The van der Waals surface area contributed by atoms with Crippen LogP contribution < -0.4 is 11.1 Å². The molecule has 1 heterocycles. The number of likely N-dealkylation sites (N-methyl/N-ethyl adjacent to an activating group) is 1. The van der Waals surface area contributed by atoms with Crippen LogP contribution in [0, 0.1) is 5.92 Å². The van der Waals surface area contributed by atoms with E-state index in [1.165, 1.54) is 32.5 Å². The lowest BCUT2D eigenvalue weighted by atomic mass is 9.87. The Balaban J connectivity index is 2.34. The van der Waals surface area contributed by atoms with E-state index in [2.05, 4.69) is 42.8 Å². The van der Waals surface area contributed by atoms with Crippen molar-refractivity contribution >= 4 is 0 Å². The highest BCUT2D eigenvalue weighted by Gasteiger charge is 2.32. The average molecular weight is 284 g/mol. The molecule has 1 aliphatic rings. The predicted octanol–water partition coefficient (Wildman–Crippen LogP) is 1.37. The van der Waals surface area contributed by atoms with Gasteiger partial charge in [0, 0.05) is 31.7 Å². The summed E-state index contributed by atoms with van der Waals surface area (Å²) in [6.45, 7) is 17.9. The van der Waals surface area contributed by atoms with Crippen LogP contribution in [0.15, 0.2) is 0 Å². The molecule has 0 spiro atoms. The Morgan fingerprint density at radius 3 is 2.25 bits per heavy atom. The van der Waals surface area contributed by atoms with Crippen molar-refractivity contribution in [2.45, 2.75) is 46.1 Å². The molecule has 1 fully saturated rings. The van der Waals surface area contributed by atoms with Crippen LogP contribution in [-0.4, -0.2) is 67.7 Å². The van der Waals surface area contributed by atoms with E-state index in [0.29, 0.717) is 0 Å². The minimum atomic E-state index is 0.181. The van der Waals surface area contributed by atoms with Gasteiger partial charge in [-0.15, -0.1) is 0 Å². The van der Waals surface area contributed by atoms with Crippen molar-refractivity contribution in [2.75, 3.05) is 52.4 Å². The van der Waals surface area contributed by atoms with Crippen molar-refractivity contribution in [1.82, 2.24) is 15.1 Å². The molecule has 4 nitrogen and oxygen atoms in total. The summed E-state index contributed by atoms with van der Waals surface area (Å²) in [4.78, 5) is 5.05. The highest BCUT2D eigenvalue weighted by atomic mass is 15.2. The Hall–Kier alpha value is -0.160. The third kappa shape index (κ3) is 5.68. The molecule has 1 saturated heterocycles. The van der Waals surface area contributed by atoms with E-state index in [4.69, 9.17) is 5.73 Å². The molecular formula is C16H36N4. The molecule has 0 aromatic rings. The summed E-state index contributed by atoms with van der Waals surface area (Å²) < 4.78 is 0. The maximum Gasteiger partial charge on any atom is 0.0328 e. The van der Waals surface area contributed by atoms with Crippen molar-refractivity contribution in [2.24, 2.45) is 11.7 Å². The predicted molar refractivity (Wildman–Crippen MR) is 88.1 cm³/mol. The first-order valence-electron chi connectivity index (χ1n) is 8.45. The second-order valence-corrected chi connectivity index (χ2v) is 6.63. The first-order valence-corrected chi connectivity index (χ1v) is 8.45. The molecule has 0 amide bonds. The smallest absolute Gasteiger partial charge is 0.0328 e. The number of nitrogens with two attached hydrogens (primary N) is 1. The average Bonchev–Trinajstić information content (AvgIpc) is 2.45. The number of rotatable bonds is 9. The highest BCUT2D eigenvalue weighted by molar-refractivity contribution is 4.94. The fourth-order valence-corrected chi connectivity index (χ4v) is 3.15. The van der Waals surface area contributed by atoms with E-state index in [9.17, 15) is 0 Å². The van der Waals surface area contributed by atoms with E-state index >= 15 is 0 Å². The van der Waals surface area contributed by atoms with E-state index in [-0.39, 0.29) is 5.54 Å². The number of nitrogens with zero attached hydrogens (tertiary/aromatic N) is 2. The van der Waals surface area contributed by atoms with Gasteiger partial charge in [0.2, 0.25) is 0 Å². The number of likely N-dealkylation sites (tertiary alicyclic amines) is 1. The number of hydrogen-bond acceptors (Lipinski definition) is 4. The summed E-state index contributed by atoms with van der Waals surface area (Å²) in [5.41, 5.74) is 6.25. The fourth-order valence-electron chi connectivity index (χ4n) is 3.15. The summed E-state index contributed by atoms with van der Waals surface area (Å²) >= 11 is 0. The number of piperidine rings is 1. The Bertz CT molecular complexity index is 243. The zero-order chi connectivity index (χ0) is 15.0. The second kappa shape index (κ2) is 8.98.